The van der Waals surface area contributed by atoms with Crippen molar-refractivity contribution in [2.45, 2.75) is 59.4 Å². The number of piperidine rings is 1. The molecule has 1 aliphatic rings. The predicted octanol–water partition coefficient (Wildman–Crippen LogP) is 3.98. The zero-order valence-corrected chi connectivity index (χ0v) is 20.7. The first-order chi connectivity index (χ1) is 16.4. The van der Waals surface area contributed by atoms with E-state index < -0.39 is 0 Å². The van der Waals surface area contributed by atoms with Gasteiger partial charge in [-0.15, -0.1) is 0 Å². The zero-order chi connectivity index (χ0) is 24.5. The minimum Gasteiger partial charge on any atom is -0.356 e. The van der Waals surface area contributed by atoms with E-state index in [-0.39, 0.29) is 24.3 Å². The first-order valence-corrected chi connectivity index (χ1v) is 12.4. The summed E-state index contributed by atoms with van der Waals surface area (Å²) in [5.74, 6) is 0.599. The molecule has 1 aromatic heterocycles. The number of likely N-dealkylation sites (tertiary alicyclic amines) is 1. The molecule has 34 heavy (non-hydrogen) atoms. The van der Waals surface area contributed by atoms with Gasteiger partial charge in [0.05, 0.1) is 12.1 Å². The molecule has 1 aliphatic heterocycles. The molecule has 0 spiro atoms. The van der Waals surface area contributed by atoms with Gasteiger partial charge in [0.15, 0.2) is 0 Å². The van der Waals surface area contributed by atoms with Crippen LogP contribution >= 0.6 is 0 Å². The van der Waals surface area contributed by atoms with Crippen LogP contribution in [-0.2, 0) is 16.1 Å². The van der Waals surface area contributed by atoms with Crippen LogP contribution in [0.3, 0.4) is 0 Å². The van der Waals surface area contributed by atoms with E-state index in [0.29, 0.717) is 31.0 Å². The van der Waals surface area contributed by atoms with Gasteiger partial charge in [0.1, 0.15) is 11.9 Å². The molecular weight excluding hydrogens is 426 g/mol. The molecule has 2 aromatic rings. The summed E-state index contributed by atoms with van der Waals surface area (Å²) in [5, 5.41) is 15.8. The lowest BCUT2D eigenvalue weighted by atomic mass is 9.96. The highest BCUT2D eigenvalue weighted by atomic mass is 16.2. The average Bonchev–Trinajstić information content (AvgIpc) is 3.06. The van der Waals surface area contributed by atoms with Crippen LogP contribution in [0, 0.1) is 31.1 Å². The molecule has 1 aromatic carbocycles. The number of aromatic nitrogens is 1. The molecule has 0 aliphatic carbocycles. The lowest BCUT2D eigenvalue weighted by molar-refractivity contribution is -0.126. The normalized spacial score (nSPS) is 14.5. The van der Waals surface area contributed by atoms with Gasteiger partial charge in [-0.25, -0.2) is 0 Å². The van der Waals surface area contributed by atoms with Gasteiger partial charge in [-0.05, 0) is 57.3 Å². The van der Waals surface area contributed by atoms with Crippen molar-refractivity contribution in [3.05, 3.63) is 52.7 Å². The maximum absolute atomic E-state index is 12.9. The molecule has 0 radical (unpaired) electrons. The van der Waals surface area contributed by atoms with E-state index in [9.17, 15) is 14.9 Å². The van der Waals surface area contributed by atoms with Crippen LogP contribution in [0.2, 0.25) is 0 Å². The van der Waals surface area contributed by atoms with Crippen molar-refractivity contribution < 1.29 is 9.59 Å². The monoisotopic (exact) mass is 463 g/mol. The number of hydrogen-bond acceptors (Lipinski definition) is 4. The van der Waals surface area contributed by atoms with Gasteiger partial charge >= 0.3 is 0 Å². The number of unbranched alkanes of at least 4 members (excludes halogenated alkanes) is 2. The minimum absolute atomic E-state index is 0.0273. The van der Waals surface area contributed by atoms with Gasteiger partial charge in [-0.3, -0.25) is 14.5 Å². The Morgan fingerprint density at radius 2 is 1.82 bits per heavy atom. The van der Waals surface area contributed by atoms with Gasteiger partial charge < -0.3 is 15.2 Å². The second kappa shape index (κ2) is 12.4. The molecule has 0 unspecified atom stereocenters. The third kappa shape index (κ3) is 6.48. The molecule has 2 N–H and O–H groups in total. The molecule has 0 saturated carbocycles. The number of anilines is 1. The molecule has 7 nitrogen and oxygen atoms in total. The van der Waals surface area contributed by atoms with Crippen LogP contribution in [0.4, 0.5) is 5.82 Å². The molecule has 7 heteroatoms. The van der Waals surface area contributed by atoms with E-state index in [2.05, 4.69) is 28.5 Å². The van der Waals surface area contributed by atoms with E-state index in [1.54, 1.807) is 0 Å². The van der Waals surface area contributed by atoms with Crippen molar-refractivity contribution in [2.75, 3.05) is 31.5 Å². The van der Waals surface area contributed by atoms with E-state index >= 15 is 0 Å². The number of nitrogens with one attached hydrogen (secondary N) is 2. The van der Waals surface area contributed by atoms with E-state index in [4.69, 9.17) is 0 Å². The fraction of sp³-hybridized carbons (Fsp3) is 0.519. The summed E-state index contributed by atoms with van der Waals surface area (Å²) in [5.41, 5.74) is 3.48. The largest absolute Gasteiger partial charge is 0.356 e. The topological polar surface area (TPSA) is 90.2 Å². The van der Waals surface area contributed by atoms with Crippen LogP contribution in [0.1, 0.15) is 61.4 Å². The van der Waals surface area contributed by atoms with E-state index in [0.717, 1.165) is 55.5 Å². The first kappa shape index (κ1) is 25.5. The summed E-state index contributed by atoms with van der Waals surface area (Å²) >= 11 is 0. The average molecular weight is 464 g/mol. The number of hydrogen-bond donors (Lipinski definition) is 2. The summed E-state index contributed by atoms with van der Waals surface area (Å²) in [6.07, 6.45) is 4.83. The second-order valence-corrected chi connectivity index (χ2v) is 9.21. The highest BCUT2D eigenvalue weighted by Gasteiger charge is 2.26. The molecule has 3 rings (SSSR count). The quantitative estimate of drug-likeness (QED) is 0.522. The van der Waals surface area contributed by atoms with Crippen molar-refractivity contribution in [1.82, 2.24) is 14.8 Å². The van der Waals surface area contributed by atoms with Gasteiger partial charge in [0, 0.05) is 24.7 Å². The smallest absolute Gasteiger partial charge is 0.239 e. The number of amides is 2. The minimum atomic E-state index is -0.134. The summed E-state index contributed by atoms with van der Waals surface area (Å²) in [6, 6.07) is 12.3. The van der Waals surface area contributed by atoms with Crippen molar-refractivity contribution >= 4 is 17.6 Å². The third-order valence-electron chi connectivity index (χ3n) is 6.79. The Bertz CT molecular complexity index is 1010. The fourth-order valence-corrected chi connectivity index (χ4v) is 4.55. The molecular formula is C27H37N5O2. The Balaban J connectivity index is 1.58. The molecule has 2 heterocycles. The Morgan fingerprint density at radius 1 is 1.12 bits per heavy atom. The lowest BCUT2D eigenvalue weighted by Crippen LogP contribution is -2.43. The molecule has 182 valence electrons. The van der Waals surface area contributed by atoms with Gasteiger partial charge in [-0.1, -0.05) is 50.1 Å². The predicted molar refractivity (Wildman–Crippen MR) is 134 cm³/mol. The van der Waals surface area contributed by atoms with E-state index in [1.165, 1.54) is 0 Å². The lowest BCUT2D eigenvalue weighted by Gasteiger charge is -2.30. The number of nitriles is 1. The van der Waals surface area contributed by atoms with E-state index in [1.807, 2.05) is 48.7 Å². The standard InChI is InChI=1S/C27H37N5O2/c1-4-5-9-14-29-27(34)23-12-15-31(16-13-23)19-25(33)30-26-24(17-28)20(2)21(3)32(26)18-22-10-7-6-8-11-22/h6-8,10-11,23H,4-5,9,12-16,18-19H2,1-3H3,(H,29,34)(H,30,33). The zero-order valence-electron chi connectivity index (χ0n) is 20.7. The Kier molecular flexibility index (Phi) is 9.29. The van der Waals surface area contributed by atoms with Gasteiger partial charge in [0.2, 0.25) is 11.8 Å². The maximum Gasteiger partial charge on any atom is 0.239 e. The summed E-state index contributed by atoms with van der Waals surface area (Å²) in [7, 11) is 0. The van der Waals surface area contributed by atoms with Crippen LogP contribution < -0.4 is 10.6 Å². The van der Waals surface area contributed by atoms with Crippen molar-refractivity contribution in [2.24, 2.45) is 5.92 Å². The summed E-state index contributed by atoms with van der Waals surface area (Å²) < 4.78 is 2.01. The number of benzene rings is 1. The second-order valence-electron chi connectivity index (χ2n) is 9.21. The number of carbonyl (C=O) groups is 2. The van der Waals surface area contributed by atoms with Crippen LogP contribution in [-0.4, -0.2) is 47.5 Å². The summed E-state index contributed by atoms with van der Waals surface area (Å²) in [4.78, 5) is 27.4. The molecule has 2 amide bonds. The van der Waals surface area contributed by atoms with Crippen molar-refractivity contribution in [1.29, 1.82) is 5.26 Å². The maximum atomic E-state index is 12.9. The number of rotatable bonds is 10. The Hall–Kier alpha value is -3.11. The van der Waals surface area contributed by atoms with Gasteiger partial charge in [0.25, 0.3) is 0 Å². The highest BCUT2D eigenvalue weighted by Crippen LogP contribution is 2.27. The first-order valence-electron chi connectivity index (χ1n) is 12.4. The third-order valence-corrected chi connectivity index (χ3v) is 6.79. The van der Waals surface area contributed by atoms with Crippen molar-refractivity contribution in [3.8, 4) is 6.07 Å². The van der Waals surface area contributed by atoms with Gasteiger partial charge in [-0.2, -0.15) is 5.26 Å². The number of carbonyl (C=O) groups excluding carboxylic acids is 2. The van der Waals surface area contributed by atoms with Crippen molar-refractivity contribution in [3.63, 3.8) is 0 Å². The van der Waals surface area contributed by atoms with Crippen LogP contribution in [0.5, 0.6) is 0 Å². The molecule has 0 atom stereocenters. The molecule has 1 saturated heterocycles. The molecule has 0 bridgehead atoms. The number of nitrogens with zero attached hydrogens (tertiary/aromatic N) is 3. The highest BCUT2D eigenvalue weighted by molar-refractivity contribution is 5.93. The molecule has 1 fully saturated rings. The van der Waals surface area contributed by atoms with Crippen LogP contribution in [0.15, 0.2) is 30.3 Å². The summed E-state index contributed by atoms with van der Waals surface area (Å²) in [6.45, 7) is 9.07. The van der Waals surface area contributed by atoms with Crippen LogP contribution in [0.25, 0.3) is 0 Å². The Morgan fingerprint density at radius 3 is 2.47 bits per heavy atom. The SMILES string of the molecule is CCCCCNC(=O)C1CCN(CC(=O)Nc2c(C#N)c(C)c(C)n2Cc2ccccc2)CC1. The fourth-order valence-electron chi connectivity index (χ4n) is 4.55. The Labute approximate surface area is 203 Å².